The van der Waals surface area contributed by atoms with Gasteiger partial charge in [-0.25, -0.2) is 0 Å². The SMILES string of the molecule is CCC[CH2][Sn]([CH2]CCC)([CH2]CCC)[c]1ccc(N(C)[C@H]2C[C@@H]3CC[C@H]([C@H]2F)N3C(=O)OC(C)(C)C)nn1. The third-order valence-electron chi connectivity index (χ3n) is 8.48. The van der Waals surface area contributed by atoms with E-state index in [1.165, 1.54) is 55.5 Å². The van der Waals surface area contributed by atoms with Gasteiger partial charge in [0.2, 0.25) is 0 Å². The van der Waals surface area contributed by atoms with Crippen molar-refractivity contribution in [2.24, 2.45) is 0 Å². The zero-order chi connectivity index (χ0) is 27.2. The van der Waals surface area contributed by atoms with Gasteiger partial charge < -0.3 is 0 Å². The van der Waals surface area contributed by atoms with Gasteiger partial charge in [0.05, 0.1) is 0 Å². The molecular weight excluding hydrogens is 574 g/mol. The molecule has 2 bridgehead atoms. The minimum absolute atomic E-state index is 0.00696. The molecule has 0 aromatic carbocycles. The topological polar surface area (TPSA) is 58.6 Å². The van der Waals surface area contributed by atoms with Crippen LogP contribution in [0.3, 0.4) is 0 Å². The van der Waals surface area contributed by atoms with Gasteiger partial charge in [-0.2, -0.15) is 0 Å². The van der Waals surface area contributed by atoms with E-state index in [0.717, 1.165) is 12.2 Å². The first kappa shape index (κ1) is 30.4. The fraction of sp³-hybridized carbons (Fsp3) is 0.828. The molecular formula is C29H51FN4O2Sn. The Hall–Kier alpha value is -1.12. The number of nitrogens with zero attached hydrogens (tertiary/aromatic N) is 4. The van der Waals surface area contributed by atoms with Crippen LogP contribution in [-0.2, 0) is 4.74 Å². The Morgan fingerprint density at radius 2 is 1.65 bits per heavy atom. The van der Waals surface area contributed by atoms with Crippen molar-refractivity contribution < 1.29 is 13.9 Å². The molecule has 1 amide bonds. The first-order valence-electron chi connectivity index (χ1n) is 14.8. The number of anilines is 1. The first-order valence-corrected chi connectivity index (χ1v) is 22.3. The monoisotopic (exact) mass is 626 g/mol. The van der Waals surface area contributed by atoms with Crippen LogP contribution in [0.5, 0.6) is 0 Å². The number of amides is 1. The van der Waals surface area contributed by atoms with Gasteiger partial charge in [-0.05, 0) is 20.8 Å². The summed E-state index contributed by atoms with van der Waals surface area (Å²) in [6.07, 6.45) is 8.11. The zero-order valence-electron chi connectivity index (χ0n) is 24.4. The number of carbonyl (C=O) groups excluding carboxylic acids is 1. The Morgan fingerprint density at radius 3 is 2.14 bits per heavy atom. The quantitative estimate of drug-likeness (QED) is 0.238. The van der Waals surface area contributed by atoms with E-state index in [4.69, 9.17) is 14.9 Å². The summed E-state index contributed by atoms with van der Waals surface area (Å²) in [6, 6.07) is 3.59. The van der Waals surface area contributed by atoms with Crippen LogP contribution >= 0.6 is 0 Å². The van der Waals surface area contributed by atoms with E-state index in [1.54, 1.807) is 4.90 Å². The molecule has 2 aliphatic heterocycles. The van der Waals surface area contributed by atoms with Crippen molar-refractivity contribution in [3.05, 3.63) is 12.1 Å². The number of piperidine rings is 1. The van der Waals surface area contributed by atoms with Crippen molar-refractivity contribution in [2.45, 2.75) is 143 Å². The molecule has 1 aromatic heterocycles. The Morgan fingerprint density at radius 1 is 1.05 bits per heavy atom. The average Bonchev–Trinajstić information content (AvgIpc) is 3.22. The maximum atomic E-state index is 15.9. The molecule has 3 rings (SSSR count). The zero-order valence-corrected chi connectivity index (χ0v) is 27.3. The standard InChI is InChI=1S/C17H24FN4O2.3C4H9.Sn/c1-17(2,3)24-16(23)22-11-7-8-12(22)15(18)13(10-11)21(4)14-6-5-9-19-20-14;3*1-3-4-2;/h5-6,11-13,15H,7-8,10H2,1-4H3;3*1,3-4H2,2H3;/t11-,12+,13-,15+;;;;/m0..../s1. The van der Waals surface area contributed by atoms with Gasteiger partial charge in [-0.1, -0.05) is 0 Å². The van der Waals surface area contributed by atoms with Crippen LogP contribution in [0.2, 0.25) is 13.3 Å². The predicted molar refractivity (Wildman–Crippen MR) is 153 cm³/mol. The van der Waals surface area contributed by atoms with Crippen LogP contribution < -0.4 is 8.61 Å². The third-order valence-corrected chi connectivity index (χ3v) is 23.6. The predicted octanol–water partition coefficient (Wildman–Crippen LogP) is 6.85. The number of fused-ring (bicyclic) bond motifs is 2. The van der Waals surface area contributed by atoms with Gasteiger partial charge in [0.1, 0.15) is 0 Å². The van der Waals surface area contributed by atoms with Gasteiger partial charge >= 0.3 is 209 Å². The average molecular weight is 625 g/mol. The van der Waals surface area contributed by atoms with E-state index in [1.807, 2.05) is 32.7 Å². The number of hydrogen-bond donors (Lipinski definition) is 0. The molecule has 2 fully saturated rings. The van der Waals surface area contributed by atoms with Gasteiger partial charge in [0.25, 0.3) is 0 Å². The van der Waals surface area contributed by atoms with E-state index >= 15 is 4.39 Å². The van der Waals surface area contributed by atoms with E-state index in [2.05, 4.69) is 32.9 Å². The fourth-order valence-electron chi connectivity index (χ4n) is 6.36. The fourth-order valence-corrected chi connectivity index (χ4v) is 21.5. The Labute approximate surface area is 229 Å². The summed E-state index contributed by atoms with van der Waals surface area (Å²) < 4.78 is 26.9. The third kappa shape index (κ3) is 7.30. The molecule has 210 valence electrons. The van der Waals surface area contributed by atoms with Gasteiger partial charge in [-0.15, -0.1) is 0 Å². The van der Waals surface area contributed by atoms with Crippen LogP contribution in [0.4, 0.5) is 15.0 Å². The number of alkyl halides is 1. The van der Waals surface area contributed by atoms with Crippen molar-refractivity contribution in [3.63, 3.8) is 0 Å². The number of unbranched alkanes of at least 4 members (excludes halogenated alkanes) is 3. The minimum atomic E-state index is -2.64. The number of carbonyl (C=O) groups is 1. The van der Waals surface area contributed by atoms with E-state index in [-0.39, 0.29) is 18.2 Å². The molecule has 6 nitrogen and oxygen atoms in total. The maximum absolute atomic E-state index is 15.9. The molecule has 0 N–H and O–H groups in total. The number of hydrogen-bond acceptors (Lipinski definition) is 5. The molecule has 4 atom stereocenters. The number of aromatic nitrogens is 2. The number of halogens is 1. The summed E-state index contributed by atoms with van der Waals surface area (Å²) in [5, 5.41) is 9.59. The summed E-state index contributed by atoms with van der Waals surface area (Å²) in [5.74, 6) is 0.739. The van der Waals surface area contributed by atoms with Crippen LogP contribution in [0.15, 0.2) is 12.1 Å². The number of rotatable bonds is 12. The second kappa shape index (κ2) is 13.3. The Kier molecular flexibility index (Phi) is 10.9. The molecule has 0 radical (unpaired) electrons. The van der Waals surface area contributed by atoms with Crippen LogP contribution in [-0.4, -0.2) is 76.5 Å². The molecule has 8 heteroatoms. The molecule has 0 aliphatic carbocycles. The second-order valence-electron chi connectivity index (χ2n) is 12.4. The molecule has 2 aliphatic rings. The van der Waals surface area contributed by atoms with E-state index in [9.17, 15) is 4.79 Å². The second-order valence-corrected chi connectivity index (χ2v) is 25.5. The Balaban J connectivity index is 1.78. The molecule has 3 heterocycles. The molecule has 1 aromatic rings. The number of ether oxygens (including phenoxy) is 1. The van der Waals surface area contributed by atoms with Gasteiger partial charge in [0.15, 0.2) is 0 Å². The van der Waals surface area contributed by atoms with Crippen molar-refractivity contribution in [1.29, 1.82) is 0 Å². The van der Waals surface area contributed by atoms with Crippen molar-refractivity contribution in [1.82, 2.24) is 15.1 Å². The molecule has 0 spiro atoms. The van der Waals surface area contributed by atoms with Crippen LogP contribution in [0.25, 0.3) is 0 Å². The van der Waals surface area contributed by atoms with Gasteiger partial charge in [0, 0.05) is 0 Å². The van der Waals surface area contributed by atoms with E-state index in [0.29, 0.717) is 12.8 Å². The van der Waals surface area contributed by atoms with Crippen LogP contribution in [0, 0.1) is 0 Å². The molecule has 0 unspecified atom stereocenters. The van der Waals surface area contributed by atoms with Gasteiger partial charge in [-0.3, -0.25) is 0 Å². The summed E-state index contributed by atoms with van der Waals surface area (Å²) in [5.41, 5.74) is -0.584. The van der Waals surface area contributed by atoms with Crippen molar-refractivity contribution in [2.75, 3.05) is 11.9 Å². The summed E-state index contributed by atoms with van der Waals surface area (Å²) in [6.45, 7) is 12.4. The Bertz CT molecular complexity index is 841. The van der Waals surface area contributed by atoms with E-state index < -0.39 is 36.2 Å². The summed E-state index contributed by atoms with van der Waals surface area (Å²) in [7, 11) is 1.94. The van der Waals surface area contributed by atoms with Crippen molar-refractivity contribution >= 4 is 34.0 Å². The summed E-state index contributed by atoms with van der Waals surface area (Å²) >= 11 is -2.64. The summed E-state index contributed by atoms with van der Waals surface area (Å²) in [4.78, 5) is 16.5. The molecule has 2 saturated heterocycles. The van der Waals surface area contributed by atoms with Crippen molar-refractivity contribution in [3.8, 4) is 0 Å². The van der Waals surface area contributed by atoms with Crippen LogP contribution in [0.1, 0.15) is 99.3 Å². The normalized spacial score (nSPS) is 23.8. The molecule has 0 saturated carbocycles. The first-order chi connectivity index (χ1) is 17.6. The molecule has 37 heavy (non-hydrogen) atoms.